The molecule has 11 heavy (non-hydrogen) atoms. The zero-order chi connectivity index (χ0) is 8.69. The Bertz CT molecular complexity index is 212. The van der Waals surface area contributed by atoms with E-state index in [9.17, 15) is 4.79 Å². The first-order valence-corrected chi connectivity index (χ1v) is 3.75. The van der Waals surface area contributed by atoms with Gasteiger partial charge in [-0.25, -0.2) is 0 Å². The number of hydrogen-bond donors (Lipinski definition) is 0. The first kappa shape index (κ1) is 10.2. The molecule has 0 fully saturated rings. The Hall–Kier alpha value is -0.820. The lowest BCUT2D eigenvalue weighted by Gasteiger charge is -1.83. The van der Waals surface area contributed by atoms with Gasteiger partial charge in [-0.3, -0.25) is 4.79 Å². The highest BCUT2D eigenvalue weighted by molar-refractivity contribution is 6.31. The normalized spacial score (nSPS) is 13.2. The Morgan fingerprint density at radius 3 is 2.27 bits per heavy atom. The number of halogens is 1. The first-order chi connectivity index (χ1) is 5.20. The second-order valence-electron chi connectivity index (χ2n) is 1.91. The molecule has 0 saturated heterocycles. The number of allylic oxidation sites excluding steroid dienone is 6. The van der Waals surface area contributed by atoms with E-state index in [-0.39, 0.29) is 5.78 Å². The Kier molecular flexibility index (Phi) is 5.49. The zero-order valence-electron chi connectivity index (χ0n) is 6.67. The monoisotopic (exact) mass is 170 g/mol. The fraction of sp³-hybridized carbons (Fsp3) is 0.222. The molecule has 0 aliphatic carbocycles. The molecule has 0 rings (SSSR count). The maximum Gasteiger partial charge on any atom is 0.178 e. The predicted molar refractivity (Wildman–Crippen MR) is 48.6 cm³/mol. The van der Waals surface area contributed by atoms with Gasteiger partial charge in [0.1, 0.15) is 0 Å². The molecule has 0 aliphatic rings. The van der Waals surface area contributed by atoms with Gasteiger partial charge in [0.25, 0.3) is 0 Å². The summed E-state index contributed by atoms with van der Waals surface area (Å²) in [5, 5.41) is 0.572. The summed E-state index contributed by atoms with van der Waals surface area (Å²) in [4.78, 5) is 10.8. The van der Waals surface area contributed by atoms with Gasteiger partial charge in [0, 0.05) is 5.03 Å². The smallest absolute Gasteiger partial charge is 0.178 e. The third-order valence-electron chi connectivity index (χ3n) is 1.01. The van der Waals surface area contributed by atoms with Crippen LogP contribution < -0.4 is 0 Å². The molecule has 0 aromatic rings. The van der Waals surface area contributed by atoms with E-state index in [2.05, 4.69) is 0 Å². The topological polar surface area (TPSA) is 17.1 Å². The van der Waals surface area contributed by atoms with Crippen LogP contribution in [0.4, 0.5) is 0 Å². The van der Waals surface area contributed by atoms with Gasteiger partial charge >= 0.3 is 0 Å². The fourth-order valence-corrected chi connectivity index (χ4v) is 0.541. The maximum atomic E-state index is 10.8. The van der Waals surface area contributed by atoms with Crippen molar-refractivity contribution in [2.24, 2.45) is 0 Å². The van der Waals surface area contributed by atoms with Crippen molar-refractivity contribution >= 4 is 17.4 Å². The van der Waals surface area contributed by atoms with E-state index < -0.39 is 0 Å². The second kappa shape index (κ2) is 5.93. The lowest BCUT2D eigenvalue weighted by atomic mass is 10.3. The second-order valence-corrected chi connectivity index (χ2v) is 2.35. The van der Waals surface area contributed by atoms with Crippen LogP contribution in [0.3, 0.4) is 0 Å². The van der Waals surface area contributed by atoms with Crippen molar-refractivity contribution < 1.29 is 4.79 Å². The Balaban J connectivity index is 4.03. The third-order valence-corrected chi connectivity index (χ3v) is 1.36. The number of carbonyl (C=O) groups is 1. The molecule has 0 N–H and O–H groups in total. The Morgan fingerprint density at radius 1 is 1.18 bits per heavy atom. The summed E-state index contributed by atoms with van der Waals surface area (Å²) in [7, 11) is 0. The van der Waals surface area contributed by atoms with E-state index in [1.165, 1.54) is 12.2 Å². The van der Waals surface area contributed by atoms with Crippen LogP contribution in [0.25, 0.3) is 0 Å². The van der Waals surface area contributed by atoms with Gasteiger partial charge in [0.05, 0.1) is 0 Å². The van der Waals surface area contributed by atoms with Gasteiger partial charge in [-0.05, 0) is 32.1 Å². The highest BCUT2D eigenvalue weighted by Crippen LogP contribution is 2.01. The van der Waals surface area contributed by atoms with E-state index in [0.29, 0.717) is 5.03 Å². The van der Waals surface area contributed by atoms with Crippen molar-refractivity contribution in [3.8, 4) is 0 Å². The minimum absolute atomic E-state index is 0.0486. The summed E-state index contributed by atoms with van der Waals surface area (Å²) in [5.41, 5.74) is 0. The Labute approximate surface area is 72.1 Å². The van der Waals surface area contributed by atoms with E-state index in [0.717, 1.165) is 0 Å². The zero-order valence-corrected chi connectivity index (χ0v) is 7.43. The van der Waals surface area contributed by atoms with Crippen molar-refractivity contribution in [3.63, 3.8) is 0 Å². The minimum Gasteiger partial charge on any atom is -0.290 e. The molecule has 0 heterocycles. The maximum absolute atomic E-state index is 10.8. The van der Waals surface area contributed by atoms with Gasteiger partial charge in [-0.15, -0.1) is 0 Å². The summed E-state index contributed by atoms with van der Waals surface area (Å²) in [6.45, 7) is 3.61. The van der Waals surface area contributed by atoms with Crippen LogP contribution in [-0.2, 0) is 4.79 Å². The van der Waals surface area contributed by atoms with E-state index in [1.54, 1.807) is 25.2 Å². The van der Waals surface area contributed by atoms with Gasteiger partial charge in [-0.1, -0.05) is 23.8 Å². The highest BCUT2D eigenvalue weighted by atomic mass is 35.5. The van der Waals surface area contributed by atoms with Crippen LogP contribution >= 0.6 is 11.6 Å². The summed E-state index contributed by atoms with van der Waals surface area (Å²) < 4.78 is 0. The predicted octanol–water partition coefficient (Wildman–Crippen LogP) is 2.83. The molecule has 0 bridgehead atoms. The highest BCUT2D eigenvalue weighted by Gasteiger charge is 1.86. The number of carbonyl (C=O) groups excluding carboxylic acids is 1. The van der Waals surface area contributed by atoms with Crippen molar-refractivity contribution in [3.05, 3.63) is 35.4 Å². The van der Waals surface area contributed by atoms with Gasteiger partial charge < -0.3 is 0 Å². The molecule has 0 atom stereocenters. The fourth-order valence-electron chi connectivity index (χ4n) is 0.478. The lowest BCUT2D eigenvalue weighted by Crippen LogP contribution is -1.83. The van der Waals surface area contributed by atoms with E-state index in [1.807, 2.05) is 6.92 Å². The molecule has 0 aromatic heterocycles. The summed E-state index contributed by atoms with van der Waals surface area (Å²) in [6, 6.07) is 0. The van der Waals surface area contributed by atoms with Crippen LogP contribution in [0.5, 0.6) is 0 Å². The molecular weight excluding hydrogens is 160 g/mol. The van der Waals surface area contributed by atoms with Crippen LogP contribution in [-0.4, -0.2) is 5.78 Å². The van der Waals surface area contributed by atoms with E-state index >= 15 is 0 Å². The Morgan fingerprint density at radius 2 is 1.82 bits per heavy atom. The van der Waals surface area contributed by atoms with Gasteiger partial charge in [0.15, 0.2) is 5.78 Å². The van der Waals surface area contributed by atoms with Crippen LogP contribution in [0.2, 0.25) is 0 Å². The van der Waals surface area contributed by atoms with Crippen LogP contribution in [0, 0.1) is 0 Å². The molecule has 1 nitrogen and oxygen atoms in total. The molecule has 0 amide bonds. The molecule has 0 spiro atoms. The summed E-state index contributed by atoms with van der Waals surface area (Å²) >= 11 is 5.61. The average molecular weight is 171 g/mol. The standard InChI is InChI=1S/C9H11ClO/c1-3-5-9(11)7-6-8(10)4-2/h3-7H,1-2H3/b5-3+,7-6-,8-4+. The number of rotatable bonds is 3. The number of hydrogen-bond acceptors (Lipinski definition) is 1. The van der Waals surface area contributed by atoms with Crippen molar-refractivity contribution in [2.75, 3.05) is 0 Å². The summed E-state index contributed by atoms with van der Waals surface area (Å²) in [5.74, 6) is -0.0486. The third kappa shape index (κ3) is 5.62. The quantitative estimate of drug-likeness (QED) is 0.470. The van der Waals surface area contributed by atoms with E-state index in [4.69, 9.17) is 11.6 Å². The minimum atomic E-state index is -0.0486. The molecule has 0 radical (unpaired) electrons. The van der Waals surface area contributed by atoms with Crippen LogP contribution in [0.15, 0.2) is 35.4 Å². The average Bonchev–Trinajstić information content (AvgIpc) is 2.01. The molecule has 0 unspecified atom stereocenters. The molecule has 0 saturated carbocycles. The number of ketones is 1. The largest absolute Gasteiger partial charge is 0.290 e. The molecule has 0 aliphatic heterocycles. The van der Waals surface area contributed by atoms with Crippen LogP contribution in [0.1, 0.15) is 13.8 Å². The molecular formula is C9H11ClO. The summed E-state index contributed by atoms with van der Waals surface area (Å²) in [6.07, 6.45) is 7.90. The molecule has 2 heteroatoms. The van der Waals surface area contributed by atoms with Crippen molar-refractivity contribution in [1.29, 1.82) is 0 Å². The first-order valence-electron chi connectivity index (χ1n) is 3.37. The SMILES string of the molecule is C/C=C/C(=O)/C=C\C(Cl)=C/C. The molecule has 60 valence electrons. The van der Waals surface area contributed by atoms with Crippen molar-refractivity contribution in [1.82, 2.24) is 0 Å². The molecule has 0 aromatic carbocycles. The lowest BCUT2D eigenvalue weighted by molar-refractivity contribution is -0.110. The van der Waals surface area contributed by atoms with Crippen molar-refractivity contribution in [2.45, 2.75) is 13.8 Å². The van der Waals surface area contributed by atoms with Gasteiger partial charge in [-0.2, -0.15) is 0 Å². The van der Waals surface area contributed by atoms with Gasteiger partial charge in [0.2, 0.25) is 0 Å².